The average molecular weight is 347 g/mol. The molecule has 0 radical (unpaired) electrons. The first kappa shape index (κ1) is 18.3. The van der Waals surface area contributed by atoms with E-state index in [1.54, 1.807) is 24.3 Å². The molecule has 0 fully saturated rings. The molecule has 0 unspecified atom stereocenters. The predicted octanol–water partition coefficient (Wildman–Crippen LogP) is 4.49. The fourth-order valence-corrected chi connectivity index (χ4v) is 3.59. The number of sulfonamides is 1. The molecule has 0 aliphatic rings. The van der Waals surface area contributed by atoms with Gasteiger partial charge in [-0.1, -0.05) is 39.0 Å². The van der Waals surface area contributed by atoms with E-state index in [4.69, 9.17) is 4.74 Å². The zero-order valence-electron chi connectivity index (χ0n) is 14.9. The molecule has 0 saturated heterocycles. The van der Waals surface area contributed by atoms with Crippen molar-refractivity contribution in [2.45, 2.75) is 44.9 Å². The van der Waals surface area contributed by atoms with E-state index in [1.807, 2.05) is 52.8 Å². The van der Waals surface area contributed by atoms with Gasteiger partial charge >= 0.3 is 0 Å². The Morgan fingerprint density at radius 3 is 2.33 bits per heavy atom. The number of rotatable bonds is 5. The van der Waals surface area contributed by atoms with Gasteiger partial charge in [-0.3, -0.25) is 4.72 Å². The molecule has 0 aliphatic heterocycles. The van der Waals surface area contributed by atoms with E-state index in [1.165, 1.54) is 0 Å². The van der Waals surface area contributed by atoms with Crippen LogP contribution in [0.2, 0.25) is 0 Å². The topological polar surface area (TPSA) is 55.4 Å². The van der Waals surface area contributed by atoms with Crippen molar-refractivity contribution in [3.8, 4) is 5.75 Å². The first-order valence-corrected chi connectivity index (χ1v) is 9.49. The Morgan fingerprint density at radius 2 is 1.75 bits per heavy atom. The fourth-order valence-electron chi connectivity index (χ4n) is 2.43. The molecule has 0 amide bonds. The van der Waals surface area contributed by atoms with E-state index in [0.717, 1.165) is 16.9 Å². The van der Waals surface area contributed by atoms with Crippen LogP contribution in [0.1, 0.15) is 38.8 Å². The zero-order valence-corrected chi connectivity index (χ0v) is 15.7. The maximum Gasteiger partial charge on any atom is 0.261 e. The van der Waals surface area contributed by atoms with Crippen molar-refractivity contribution in [1.29, 1.82) is 0 Å². The van der Waals surface area contributed by atoms with Gasteiger partial charge in [0.2, 0.25) is 0 Å². The summed E-state index contributed by atoms with van der Waals surface area (Å²) in [7, 11) is -3.66. The van der Waals surface area contributed by atoms with Crippen molar-refractivity contribution in [2.24, 2.45) is 0 Å². The van der Waals surface area contributed by atoms with Crippen LogP contribution in [0, 0.1) is 6.92 Å². The average Bonchev–Trinajstić information content (AvgIpc) is 2.49. The van der Waals surface area contributed by atoms with Crippen molar-refractivity contribution >= 4 is 15.7 Å². The molecule has 130 valence electrons. The quantitative estimate of drug-likeness (QED) is 0.867. The van der Waals surface area contributed by atoms with Crippen molar-refractivity contribution in [3.05, 3.63) is 53.6 Å². The van der Waals surface area contributed by atoms with Crippen LogP contribution in [0.5, 0.6) is 5.75 Å². The summed E-state index contributed by atoms with van der Waals surface area (Å²) in [5, 5.41) is 0. The van der Waals surface area contributed by atoms with E-state index in [2.05, 4.69) is 4.72 Å². The molecule has 0 bridgehead atoms. The lowest BCUT2D eigenvalue weighted by Crippen LogP contribution is -2.17. The molecule has 2 aromatic carbocycles. The van der Waals surface area contributed by atoms with Gasteiger partial charge in [0.15, 0.2) is 0 Å². The third-order valence-corrected chi connectivity index (χ3v) is 5.12. The van der Waals surface area contributed by atoms with Gasteiger partial charge in [0.1, 0.15) is 5.75 Å². The SMILES string of the molecule is CCOc1ccc(S(=O)(=O)Nc2ccccc2C)cc1C(C)(C)C. The maximum absolute atomic E-state index is 12.8. The summed E-state index contributed by atoms with van der Waals surface area (Å²) in [6, 6.07) is 12.3. The highest BCUT2D eigenvalue weighted by Gasteiger charge is 2.23. The lowest BCUT2D eigenvalue weighted by atomic mass is 9.86. The standard InChI is InChI=1S/C19H25NO3S/c1-6-23-18-12-11-15(13-16(18)19(3,4)5)24(21,22)20-17-10-8-7-9-14(17)2/h7-13,20H,6H2,1-5H3. The van der Waals surface area contributed by atoms with Crippen LogP contribution in [0.4, 0.5) is 5.69 Å². The van der Waals surface area contributed by atoms with Gasteiger partial charge in [-0.25, -0.2) is 8.42 Å². The number of aryl methyl sites for hydroxylation is 1. The lowest BCUT2D eigenvalue weighted by Gasteiger charge is -2.23. The summed E-state index contributed by atoms with van der Waals surface area (Å²) in [5.41, 5.74) is 2.11. The van der Waals surface area contributed by atoms with Gasteiger partial charge in [0.05, 0.1) is 17.2 Å². The van der Waals surface area contributed by atoms with Crippen LogP contribution in [-0.2, 0) is 15.4 Å². The largest absolute Gasteiger partial charge is 0.494 e. The number of hydrogen-bond donors (Lipinski definition) is 1. The highest BCUT2D eigenvalue weighted by Crippen LogP contribution is 2.34. The molecule has 4 nitrogen and oxygen atoms in total. The summed E-state index contributed by atoms with van der Waals surface area (Å²) in [5.74, 6) is 0.722. The fraction of sp³-hybridized carbons (Fsp3) is 0.368. The molecular formula is C19H25NO3S. The number of ether oxygens (including phenoxy) is 1. The van der Waals surface area contributed by atoms with Gasteiger partial charge in [0.25, 0.3) is 10.0 Å². The minimum absolute atomic E-state index is 0.224. The monoisotopic (exact) mass is 347 g/mol. The summed E-state index contributed by atoms with van der Waals surface area (Å²) >= 11 is 0. The maximum atomic E-state index is 12.8. The predicted molar refractivity (Wildman–Crippen MR) is 98.3 cm³/mol. The van der Waals surface area contributed by atoms with E-state index in [-0.39, 0.29) is 10.3 Å². The Kier molecular flexibility index (Phi) is 5.23. The van der Waals surface area contributed by atoms with Gasteiger partial charge in [0, 0.05) is 5.56 Å². The Balaban J connectivity index is 2.46. The van der Waals surface area contributed by atoms with Crippen LogP contribution in [-0.4, -0.2) is 15.0 Å². The van der Waals surface area contributed by atoms with Crippen molar-refractivity contribution < 1.29 is 13.2 Å². The second-order valence-corrected chi connectivity index (χ2v) is 8.44. The van der Waals surface area contributed by atoms with Crippen LogP contribution < -0.4 is 9.46 Å². The van der Waals surface area contributed by atoms with Crippen molar-refractivity contribution in [1.82, 2.24) is 0 Å². The summed E-state index contributed by atoms with van der Waals surface area (Å²) in [6.07, 6.45) is 0. The van der Waals surface area contributed by atoms with Gasteiger partial charge in [-0.2, -0.15) is 0 Å². The molecule has 5 heteroatoms. The van der Waals surface area contributed by atoms with E-state index < -0.39 is 10.0 Å². The van der Waals surface area contributed by atoms with Gasteiger partial charge in [-0.05, 0) is 49.1 Å². The van der Waals surface area contributed by atoms with Gasteiger partial charge < -0.3 is 4.74 Å². The lowest BCUT2D eigenvalue weighted by molar-refractivity contribution is 0.329. The summed E-state index contributed by atoms with van der Waals surface area (Å²) in [4.78, 5) is 0.235. The normalized spacial score (nSPS) is 12.0. The number of para-hydroxylation sites is 1. The Bertz CT molecular complexity index is 821. The van der Waals surface area contributed by atoms with E-state index >= 15 is 0 Å². The Hall–Kier alpha value is -2.01. The van der Waals surface area contributed by atoms with E-state index in [9.17, 15) is 8.42 Å². The molecule has 24 heavy (non-hydrogen) atoms. The molecule has 0 spiro atoms. The van der Waals surface area contributed by atoms with Crippen LogP contribution in [0.3, 0.4) is 0 Å². The zero-order chi connectivity index (χ0) is 18.0. The second kappa shape index (κ2) is 6.85. The molecule has 0 aromatic heterocycles. The van der Waals surface area contributed by atoms with Crippen LogP contribution in [0.15, 0.2) is 47.4 Å². The molecule has 2 rings (SSSR count). The number of hydrogen-bond acceptors (Lipinski definition) is 3. The molecule has 2 aromatic rings. The Morgan fingerprint density at radius 1 is 1.08 bits per heavy atom. The van der Waals surface area contributed by atoms with Crippen molar-refractivity contribution in [3.63, 3.8) is 0 Å². The second-order valence-electron chi connectivity index (χ2n) is 6.76. The molecule has 0 heterocycles. The first-order valence-electron chi connectivity index (χ1n) is 8.01. The number of anilines is 1. The molecule has 1 N–H and O–H groups in total. The molecule has 0 atom stereocenters. The highest BCUT2D eigenvalue weighted by atomic mass is 32.2. The minimum atomic E-state index is -3.66. The van der Waals surface area contributed by atoms with Crippen LogP contribution >= 0.6 is 0 Å². The highest BCUT2D eigenvalue weighted by molar-refractivity contribution is 7.92. The minimum Gasteiger partial charge on any atom is -0.494 e. The Labute approximate surface area is 144 Å². The first-order chi connectivity index (χ1) is 11.1. The summed E-state index contributed by atoms with van der Waals surface area (Å²) < 4.78 is 33.8. The third-order valence-electron chi connectivity index (χ3n) is 3.76. The number of nitrogens with one attached hydrogen (secondary N) is 1. The molecule has 0 saturated carbocycles. The van der Waals surface area contributed by atoms with Crippen molar-refractivity contribution in [2.75, 3.05) is 11.3 Å². The molecular weight excluding hydrogens is 322 g/mol. The number of benzene rings is 2. The third kappa shape index (κ3) is 4.09. The van der Waals surface area contributed by atoms with Crippen LogP contribution in [0.25, 0.3) is 0 Å². The van der Waals surface area contributed by atoms with Gasteiger partial charge in [-0.15, -0.1) is 0 Å². The van der Waals surface area contributed by atoms with E-state index in [0.29, 0.717) is 12.3 Å². The smallest absolute Gasteiger partial charge is 0.261 e. The summed E-state index contributed by atoms with van der Waals surface area (Å²) in [6.45, 7) is 10.4. The molecule has 0 aliphatic carbocycles.